The molecule has 3 aromatic carbocycles. The van der Waals surface area contributed by atoms with Crippen LogP contribution in [0.25, 0.3) is 22.3 Å². The Morgan fingerprint density at radius 2 is 1.41 bits per heavy atom. The van der Waals surface area contributed by atoms with Crippen LogP contribution in [0.2, 0.25) is 15.1 Å². The predicted octanol–water partition coefficient (Wildman–Crippen LogP) is 6.70. The van der Waals surface area contributed by atoms with Crippen LogP contribution in [0.1, 0.15) is 0 Å². The number of halogens is 3. The van der Waals surface area contributed by atoms with Crippen molar-refractivity contribution in [2.75, 3.05) is 10.9 Å². The highest BCUT2D eigenvalue weighted by Gasteiger charge is 2.12. The van der Waals surface area contributed by atoms with Crippen LogP contribution in [-0.4, -0.2) is 9.97 Å². The standard InChI is InChI=1S/C20H13Cl3N4/c21-13-6-8-16(15(23)10-13)26-27-20-19(12-4-2-1-3-5-12)24-17-9-7-14(22)11-18(17)25-20/h1-11,26H,(H,25,27). The first kappa shape index (κ1) is 17.9. The first-order chi connectivity index (χ1) is 13.1. The predicted molar refractivity (Wildman–Crippen MR) is 114 cm³/mol. The molecule has 0 atom stereocenters. The molecule has 4 rings (SSSR count). The Balaban J connectivity index is 1.77. The zero-order valence-electron chi connectivity index (χ0n) is 13.9. The van der Waals surface area contributed by atoms with Gasteiger partial charge >= 0.3 is 0 Å². The summed E-state index contributed by atoms with van der Waals surface area (Å²) in [5.74, 6) is 0.557. The van der Waals surface area contributed by atoms with Crippen molar-refractivity contribution in [2.45, 2.75) is 0 Å². The number of nitrogens with zero attached hydrogens (tertiary/aromatic N) is 2. The minimum Gasteiger partial charge on any atom is -0.298 e. The number of benzene rings is 3. The Kier molecular flexibility index (Phi) is 5.03. The fourth-order valence-corrected chi connectivity index (χ4v) is 3.25. The van der Waals surface area contributed by atoms with Crippen LogP contribution < -0.4 is 10.9 Å². The molecule has 134 valence electrons. The van der Waals surface area contributed by atoms with Crippen LogP contribution in [0, 0.1) is 0 Å². The van der Waals surface area contributed by atoms with E-state index in [9.17, 15) is 0 Å². The maximum Gasteiger partial charge on any atom is 0.171 e. The van der Waals surface area contributed by atoms with Gasteiger partial charge in [-0.15, -0.1) is 0 Å². The van der Waals surface area contributed by atoms with Crippen LogP contribution in [-0.2, 0) is 0 Å². The highest BCUT2D eigenvalue weighted by Crippen LogP contribution is 2.29. The molecule has 4 nitrogen and oxygen atoms in total. The summed E-state index contributed by atoms with van der Waals surface area (Å²) in [4.78, 5) is 9.44. The van der Waals surface area contributed by atoms with E-state index in [1.54, 1.807) is 30.3 Å². The lowest BCUT2D eigenvalue weighted by Gasteiger charge is -2.14. The minimum atomic E-state index is 0.494. The maximum absolute atomic E-state index is 6.23. The van der Waals surface area contributed by atoms with Crippen molar-refractivity contribution in [3.8, 4) is 11.3 Å². The summed E-state index contributed by atoms with van der Waals surface area (Å²) >= 11 is 18.3. The summed E-state index contributed by atoms with van der Waals surface area (Å²) in [6.45, 7) is 0. The number of hydrazine groups is 1. The molecule has 27 heavy (non-hydrogen) atoms. The summed E-state index contributed by atoms with van der Waals surface area (Å²) in [6, 6.07) is 20.4. The highest BCUT2D eigenvalue weighted by molar-refractivity contribution is 6.36. The molecule has 7 heteroatoms. The van der Waals surface area contributed by atoms with Crippen LogP contribution >= 0.6 is 34.8 Å². The first-order valence-electron chi connectivity index (χ1n) is 8.10. The summed E-state index contributed by atoms with van der Waals surface area (Å²) in [5, 5.41) is 1.66. The molecule has 2 N–H and O–H groups in total. The molecule has 0 saturated carbocycles. The maximum atomic E-state index is 6.23. The van der Waals surface area contributed by atoms with Gasteiger partial charge in [0.15, 0.2) is 5.82 Å². The molecular formula is C20H13Cl3N4. The number of anilines is 2. The van der Waals surface area contributed by atoms with Gasteiger partial charge in [0.1, 0.15) is 5.69 Å². The lowest BCUT2D eigenvalue weighted by molar-refractivity contribution is 1.25. The van der Waals surface area contributed by atoms with Gasteiger partial charge in [-0.25, -0.2) is 9.97 Å². The van der Waals surface area contributed by atoms with Gasteiger partial charge in [0.25, 0.3) is 0 Å². The average Bonchev–Trinajstić information content (AvgIpc) is 2.67. The number of fused-ring (bicyclic) bond motifs is 1. The summed E-state index contributed by atoms with van der Waals surface area (Å²) in [5.41, 5.74) is 9.95. The van der Waals surface area contributed by atoms with Crippen molar-refractivity contribution in [3.05, 3.63) is 81.8 Å². The third kappa shape index (κ3) is 3.93. The fourth-order valence-electron chi connectivity index (χ4n) is 2.63. The number of aromatic nitrogens is 2. The first-order valence-corrected chi connectivity index (χ1v) is 9.23. The molecule has 0 fully saturated rings. The molecule has 0 aliphatic carbocycles. The third-order valence-corrected chi connectivity index (χ3v) is 4.70. The Hall–Kier alpha value is -2.53. The quantitative estimate of drug-likeness (QED) is 0.364. The Morgan fingerprint density at radius 3 is 2.19 bits per heavy atom. The molecule has 4 aromatic rings. The topological polar surface area (TPSA) is 49.8 Å². The van der Waals surface area contributed by atoms with E-state index in [-0.39, 0.29) is 0 Å². The number of hydrogen-bond acceptors (Lipinski definition) is 4. The van der Waals surface area contributed by atoms with E-state index in [1.807, 2.05) is 36.4 Å². The number of nitrogens with one attached hydrogen (secondary N) is 2. The number of hydrogen-bond donors (Lipinski definition) is 2. The molecule has 0 aliphatic heterocycles. The van der Waals surface area contributed by atoms with E-state index >= 15 is 0 Å². The molecule has 0 aliphatic rings. The van der Waals surface area contributed by atoms with Crippen molar-refractivity contribution < 1.29 is 0 Å². The lowest BCUT2D eigenvalue weighted by Crippen LogP contribution is -2.12. The SMILES string of the molecule is Clc1ccc(NNc2nc3cc(Cl)ccc3nc2-c2ccccc2)c(Cl)c1. The Bertz CT molecular complexity index is 1120. The van der Waals surface area contributed by atoms with Crippen molar-refractivity contribution in [2.24, 2.45) is 0 Å². The lowest BCUT2D eigenvalue weighted by atomic mass is 10.1. The third-order valence-electron chi connectivity index (χ3n) is 3.92. The smallest absolute Gasteiger partial charge is 0.171 e. The van der Waals surface area contributed by atoms with Crippen molar-refractivity contribution >= 4 is 57.3 Å². The van der Waals surface area contributed by atoms with E-state index in [0.29, 0.717) is 37.8 Å². The Morgan fingerprint density at radius 1 is 0.667 bits per heavy atom. The summed E-state index contributed by atoms with van der Waals surface area (Å²) < 4.78 is 0. The largest absolute Gasteiger partial charge is 0.298 e. The second-order valence-corrected chi connectivity index (χ2v) is 7.07. The normalized spacial score (nSPS) is 10.8. The van der Waals surface area contributed by atoms with Gasteiger partial charge < -0.3 is 0 Å². The van der Waals surface area contributed by atoms with Crippen molar-refractivity contribution in [1.82, 2.24) is 9.97 Å². The van der Waals surface area contributed by atoms with Gasteiger partial charge in [-0.05, 0) is 36.4 Å². The number of rotatable bonds is 4. The van der Waals surface area contributed by atoms with E-state index in [0.717, 1.165) is 11.1 Å². The van der Waals surface area contributed by atoms with E-state index in [1.165, 1.54) is 0 Å². The Labute approximate surface area is 171 Å². The van der Waals surface area contributed by atoms with Crippen LogP contribution in [0.4, 0.5) is 11.5 Å². The zero-order chi connectivity index (χ0) is 18.8. The van der Waals surface area contributed by atoms with Gasteiger partial charge in [-0.2, -0.15) is 0 Å². The molecule has 1 heterocycles. The monoisotopic (exact) mass is 414 g/mol. The van der Waals surface area contributed by atoms with E-state index in [4.69, 9.17) is 39.8 Å². The molecule has 1 aromatic heterocycles. The molecule has 0 amide bonds. The summed E-state index contributed by atoms with van der Waals surface area (Å²) in [7, 11) is 0. The molecule has 0 bridgehead atoms. The van der Waals surface area contributed by atoms with Crippen molar-refractivity contribution in [1.29, 1.82) is 0 Å². The van der Waals surface area contributed by atoms with E-state index < -0.39 is 0 Å². The van der Waals surface area contributed by atoms with Crippen LogP contribution in [0.5, 0.6) is 0 Å². The van der Waals surface area contributed by atoms with E-state index in [2.05, 4.69) is 15.8 Å². The van der Waals surface area contributed by atoms with Crippen LogP contribution in [0.15, 0.2) is 66.7 Å². The second-order valence-electron chi connectivity index (χ2n) is 5.79. The molecular weight excluding hydrogens is 403 g/mol. The fraction of sp³-hybridized carbons (Fsp3) is 0. The van der Waals surface area contributed by atoms with Gasteiger partial charge in [0.2, 0.25) is 0 Å². The molecule has 0 unspecified atom stereocenters. The van der Waals surface area contributed by atoms with Gasteiger partial charge in [0.05, 0.1) is 21.7 Å². The van der Waals surface area contributed by atoms with Gasteiger partial charge in [-0.3, -0.25) is 10.9 Å². The zero-order valence-corrected chi connectivity index (χ0v) is 16.1. The average molecular weight is 416 g/mol. The van der Waals surface area contributed by atoms with Gasteiger partial charge in [-0.1, -0.05) is 65.1 Å². The second kappa shape index (κ2) is 7.61. The molecule has 0 radical (unpaired) electrons. The van der Waals surface area contributed by atoms with Gasteiger partial charge in [0, 0.05) is 15.6 Å². The molecule has 0 spiro atoms. The highest BCUT2D eigenvalue weighted by atomic mass is 35.5. The molecule has 0 saturated heterocycles. The van der Waals surface area contributed by atoms with Crippen LogP contribution in [0.3, 0.4) is 0 Å². The minimum absolute atomic E-state index is 0.494. The van der Waals surface area contributed by atoms with Crippen molar-refractivity contribution in [3.63, 3.8) is 0 Å². The summed E-state index contributed by atoms with van der Waals surface area (Å²) in [6.07, 6.45) is 0.